The standard InChI is InChI=1S/C8H15NO3/c1-7(5-9-12)4-8(6-11)2-3-10/h3,6-9,12H,2,4-5H2,1H3/t7?,8-/m0/s1. The molecule has 0 rings (SSSR count). The predicted octanol–water partition coefficient (Wildman–Crippen LogP) is 0.395. The highest BCUT2D eigenvalue weighted by molar-refractivity contribution is 5.61. The summed E-state index contributed by atoms with van der Waals surface area (Å²) < 4.78 is 0. The molecular weight excluding hydrogens is 158 g/mol. The second kappa shape index (κ2) is 6.94. The Morgan fingerprint density at radius 1 is 1.50 bits per heavy atom. The van der Waals surface area contributed by atoms with Crippen LogP contribution >= 0.6 is 0 Å². The molecule has 0 aliphatic carbocycles. The van der Waals surface area contributed by atoms with Crippen molar-refractivity contribution in [3.63, 3.8) is 0 Å². The van der Waals surface area contributed by atoms with Gasteiger partial charge in [0, 0.05) is 18.9 Å². The summed E-state index contributed by atoms with van der Waals surface area (Å²) in [6, 6.07) is 0. The number of nitrogens with one attached hydrogen (secondary N) is 1. The van der Waals surface area contributed by atoms with Gasteiger partial charge in [0.15, 0.2) is 0 Å². The summed E-state index contributed by atoms with van der Waals surface area (Å²) in [7, 11) is 0. The average Bonchev–Trinajstić information content (AvgIpc) is 2.04. The van der Waals surface area contributed by atoms with Crippen molar-refractivity contribution < 1.29 is 14.8 Å². The highest BCUT2D eigenvalue weighted by atomic mass is 16.5. The maximum Gasteiger partial charge on any atom is 0.123 e. The van der Waals surface area contributed by atoms with Gasteiger partial charge in [0.25, 0.3) is 0 Å². The Balaban J connectivity index is 3.67. The van der Waals surface area contributed by atoms with E-state index in [-0.39, 0.29) is 18.3 Å². The second-order valence-electron chi connectivity index (χ2n) is 3.00. The van der Waals surface area contributed by atoms with Crippen molar-refractivity contribution >= 4 is 12.6 Å². The molecule has 1 unspecified atom stereocenters. The van der Waals surface area contributed by atoms with Gasteiger partial charge in [-0.15, -0.1) is 0 Å². The van der Waals surface area contributed by atoms with Crippen LogP contribution < -0.4 is 5.48 Å². The third-order valence-electron chi connectivity index (χ3n) is 1.74. The van der Waals surface area contributed by atoms with E-state index in [1.165, 1.54) is 0 Å². The topological polar surface area (TPSA) is 66.4 Å². The van der Waals surface area contributed by atoms with E-state index >= 15 is 0 Å². The van der Waals surface area contributed by atoms with Crippen molar-refractivity contribution in [3.05, 3.63) is 0 Å². The molecule has 70 valence electrons. The summed E-state index contributed by atoms with van der Waals surface area (Å²) in [6.45, 7) is 2.35. The fraction of sp³-hybridized carbons (Fsp3) is 0.750. The van der Waals surface area contributed by atoms with E-state index in [1.54, 1.807) is 0 Å². The number of hydrogen-bond donors (Lipinski definition) is 2. The number of carbonyl (C=O) groups excluding carboxylic acids is 2. The molecule has 0 spiro atoms. The van der Waals surface area contributed by atoms with Crippen LogP contribution in [0.2, 0.25) is 0 Å². The first kappa shape index (κ1) is 11.3. The molecule has 0 bridgehead atoms. The minimum Gasteiger partial charge on any atom is -0.317 e. The summed E-state index contributed by atoms with van der Waals surface area (Å²) in [5.41, 5.74) is 2.03. The van der Waals surface area contributed by atoms with E-state index in [1.807, 2.05) is 12.4 Å². The van der Waals surface area contributed by atoms with Crippen molar-refractivity contribution in [2.75, 3.05) is 6.54 Å². The molecule has 0 aromatic rings. The average molecular weight is 173 g/mol. The van der Waals surface area contributed by atoms with Crippen LogP contribution in [0, 0.1) is 11.8 Å². The third-order valence-corrected chi connectivity index (χ3v) is 1.74. The van der Waals surface area contributed by atoms with Gasteiger partial charge in [0.2, 0.25) is 0 Å². The minimum absolute atomic E-state index is 0.199. The van der Waals surface area contributed by atoms with Gasteiger partial charge in [-0.3, -0.25) is 0 Å². The molecule has 4 heteroatoms. The summed E-state index contributed by atoms with van der Waals surface area (Å²) in [5, 5.41) is 8.34. The maximum atomic E-state index is 10.4. The Hall–Kier alpha value is -0.740. The van der Waals surface area contributed by atoms with Crippen LogP contribution in [-0.4, -0.2) is 24.3 Å². The molecule has 12 heavy (non-hydrogen) atoms. The van der Waals surface area contributed by atoms with E-state index < -0.39 is 0 Å². The molecule has 2 atom stereocenters. The van der Waals surface area contributed by atoms with Gasteiger partial charge >= 0.3 is 0 Å². The van der Waals surface area contributed by atoms with E-state index in [0.29, 0.717) is 13.0 Å². The molecular formula is C8H15NO3. The zero-order valence-electron chi connectivity index (χ0n) is 7.19. The summed E-state index contributed by atoms with van der Waals surface area (Å²) >= 11 is 0. The van der Waals surface area contributed by atoms with E-state index in [2.05, 4.69) is 0 Å². The lowest BCUT2D eigenvalue weighted by Gasteiger charge is -2.12. The molecule has 0 aliphatic heterocycles. The van der Waals surface area contributed by atoms with Gasteiger partial charge < -0.3 is 14.8 Å². The van der Waals surface area contributed by atoms with Crippen LogP contribution in [0.5, 0.6) is 0 Å². The number of hydrogen-bond acceptors (Lipinski definition) is 4. The lowest BCUT2D eigenvalue weighted by atomic mass is 9.95. The van der Waals surface area contributed by atoms with Crippen LogP contribution in [-0.2, 0) is 9.59 Å². The number of carbonyl (C=O) groups is 2. The van der Waals surface area contributed by atoms with Crippen LogP contribution in [0.15, 0.2) is 0 Å². The van der Waals surface area contributed by atoms with Gasteiger partial charge in [-0.05, 0) is 12.3 Å². The molecule has 0 fully saturated rings. The predicted molar refractivity (Wildman–Crippen MR) is 43.8 cm³/mol. The highest BCUT2D eigenvalue weighted by Crippen LogP contribution is 2.11. The molecule has 0 amide bonds. The Morgan fingerprint density at radius 3 is 2.58 bits per heavy atom. The van der Waals surface area contributed by atoms with Gasteiger partial charge in [0.05, 0.1) is 0 Å². The first-order valence-electron chi connectivity index (χ1n) is 4.00. The zero-order chi connectivity index (χ0) is 9.40. The number of aldehydes is 2. The number of rotatable bonds is 7. The molecule has 4 nitrogen and oxygen atoms in total. The summed E-state index contributed by atoms with van der Waals surface area (Å²) in [5.74, 6) is -0.00370. The monoisotopic (exact) mass is 173 g/mol. The fourth-order valence-electron chi connectivity index (χ4n) is 1.09. The van der Waals surface area contributed by atoms with Crippen molar-refractivity contribution in [3.8, 4) is 0 Å². The van der Waals surface area contributed by atoms with Gasteiger partial charge in [-0.1, -0.05) is 6.92 Å². The Bertz CT molecular complexity index is 138. The van der Waals surface area contributed by atoms with Crippen molar-refractivity contribution in [1.82, 2.24) is 5.48 Å². The van der Waals surface area contributed by atoms with Crippen LogP contribution in [0.3, 0.4) is 0 Å². The molecule has 0 heterocycles. The van der Waals surface area contributed by atoms with Gasteiger partial charge in [-0.25, -0.2) is 5.48 Å². The molecule has 0 saturated heterocycles. The van der Waals surface area contributed by atoms with Crippen LogP contribution in [0.1, 0.15) is 19.8 Å². The van der Waals surface area contributed by atoms with E-state index in [4.69, 9.17) is 5.21 Å². The molecule has 0 aromatic heterocycles. The Labute approximate surface area is 71.9 Å². The van der Waals surface area contributed by atoms with Crippen molar-refractivity contribution in [1.29, 1.82) is 0 Å². The Kier molecular flexibility index (Phi) is 6.51. The lowest BCUT2D eigenvalue weighted by Crippen LogP contribution is -2.20. The maximum absolute atomic E-state index is 10.4. The van der Waals surface area contributed by atoms with E-state index in [0.717, 1.165) is 12.6 Å². The quantitative estimate of drug-likeness (QED) is 0.432. The van der Waals surface area contributed by atoms with Crippen molar-refractivity contribution in [2.24, 2.45) is 11.8 Å². The SMILES string of the molecule is CC(CNO)C[C@@H](C=O)CC=O. The first-order chi connectivity index (χ1) is 5.74. The van der Waals surface area contributed by atoms with Crippen LogP contribution in [0.25, 0.3) is 0 Å². The smallest absolute Gasteiger partial charge is 0.123 e. The van der Waals surface area contributed by atoms with Gasteiger partial charge in [-0.2, -0.15) is 0 Å². The fourth-order valence-corrected chi connectivity index (χ4v) is 1.09. The van der Waals surface area contributed by atoms with E-state index in [9.17, 15) is 9.59 Å². The largest absolute Gasteiger partial charge is 0.317 e. The minimum atomic E-state index is -0.203. The summed E-state index contributed by atoms with van der Waals surface area (Å²) in [4.78, 5) is 20.5. The molecule has 0 aromatic carbocycles. The molecule has 0 radical (unpaired) electrons. The zero-order valence-corrected chi connectivity index (χ0v) is 7.19. The third kappa shape index (κ3) is 4.98. The van der Waals surface area contributed by atoms with Crippen LogP contribution in [0.4, 0.5) is 0 Å². The first-order valence-corrected chi connectivity index (χ1v) is 4.00. The van der Waals surface area contributed by atoms with Gasteiger partial charge in [0.1, 0.15) is 12.6 Å². The lowest BCUT2D eigenvalue weighted by molar-refractivity contribution is -0.116. The second-order valence-corrected chi connectivity index (χ2v) is 3.00. The number of hydroxylamine groups is 1. The Morgan fingerprint density at radius 2 is 2.17 bits per heavy atom. The van der Waals surface area contributed by atoms with Crippen molar-refractivity contribution in [2.45, 2.75) is 19.8 Å². The summed E-state index contributed by atoms with van der Waals surface area (Å²) in [6.07, 6.45) is 2.45. The normalized spacial score (nSPS) is 15.2. The molecule has 0 aliphatic rings. The molecule has 2 N–H and O–H groups in total. The molecule has 0 saturated carbocycles. The highest BCUT2D eigenvalue weighted by Gasteiger charge is 2.11.